The third-order valence-electron chi connectivity index (χ3n) is 6.31. The van der Waals surface area contributed by atoms with Gasteiger partial charge in [0.15, 0.2) is 6.17 Å². The molecule has 1 aromatic rings. The number of nitrogens with zero attached hydrogens (tertiary/aromatic N) is 1. The average Bonchev–Trinajstić information content (AvgIpc) is 2.76. The average molecular weight is 482 g/mol. The minimum absolute atomic E-state index is 0.0310. The predicted octanol–water partition coefficient (Wildman–Crippen LogP) is 9.57. The molecule has 0 aliphatic rings. The van der Waals surface area contributed by atoms with E-state index in [-0.39, 0.29) is 43.8 Å². The quantitative estimate of drug-likeness (QED) is 0.122. The number of rotatable bonds is 17. The van der Waals surface area contributed by atoms with E-state index in [9.17, 15) is 17.6 Å². The van der Waals surface area contributed by atoms with Gasteiger partial charge < -0.3 is 4.90 Å². The van der Waals surface area contributed by atoms with E-state index in [1.54, 1.807) is 30.3 Å². The van der Waals surface area contributed by atoms with Crippen molar-refractivity contribution in [3.8, 4) is 0 Å². The highest BCUT2D eigenvalue weighted by atomic mass is 19.4. The number of anilines is 1. The molecule has 192 valence electrons. The molecule has 1 rings (SSSR count). The third kappa shape index (κ3) is 11.5. The van der Waals surface area contributed by atoms with E-state index < -0.39 is 24.8 Å². The maximum absolute atomic E-state index is 15.2. The molecule has 0 saturated heterocycles. The Balaban J connectivity index is 2.72. The van der Waals surface area contributed by atoms with Crippen LogP contribution in [0.1, 0.15) is 91.4 Å². The Kier molecular flexibility index (Phi) is 13.3. The Labute approximate surface area is 195 Å². The van der Waals surface area contributed by atoms with Crippen LogP contribution in [0, 0.1) is 11.8 Å². The second-order valence-electron chi connectivity index (χ2n) is 9.32. The van der Waals surface area contributed by atoms with Crippen molar-refractivity contribution in [2.24, 2.45) is 11.8 Å². The van der Waals surface area contributed by atoms with Crippen LogP contribution in [-0.4, -0.2) is 24.9 Å². The van der Waals surface area contributed by atoms with E-state index in [4.69, 9.17) is 0 Å². The van der Waals surface area contributed by atoms with Gasteiger partial charge in [0, 0.05) is 18.7 Å². The summed E-state index contributed by atoms with van der Waals surface area (Å²) in [4.78, 5) is 0.882. The van der Waals surface area contributed by atoms with Crippen molar-refractivity contribution < 1.29 is 26.3 Å². The monoisotopic (exact) mass is 481 g/mol. The molecule has 1 nitrogen and oxygen atoms in total. The minimum Gasteiger partial charge on any atom is -0.311 e. The van der Waals surface area contributed by atoms with Gasteiger partial charge in [-0.1, -0.05) is 83.9 Å². The number of halogens is 6. The zero-order valence-corrected chi connectivity index (χ0v) is 20.3. The van der Waals surface area contributed by atoms with Crippen LogP contribution < -0.4 is 4.90 Å². The van der Waals surface area contributed by atoms with Crippen LogP contribution in [0.25, 0.3) is 0 Å². The Bertz CT molecular complexity index is 619. The molecular weight excluding hydrogens is 440 g/mol. The molecule has 0 radical (unpaired) electrons. The molecule has 0 spiro atoms. The van der Waals surface area contributed by atoms with Crippen molar-refractivity contribution in [2.75, 3.05) is 11.4 Å². The van der Waals surface area contributed by atoms with Crippen LogP contribution >= 0.6 is 0 Å². The highest BCUT2D eigenvalue weighted by Crippen LogP contribution is 2.35. The first kappa shape index (κ1) is 29.6. The third-order valence-corrected chi connectivity index (χ3v) is 6.31. The topological polar surface area (TPSA) is 3.24 Å². The fourth-order valence-electron chi connectivity index (χ4n) is 4.24. The van der Waals surface area contributed by atoms with Crippen LogP contribution in [0.15, 0.2) is 30.3 Å². The number of unbranched alkanes of at least 4 members (excludes halogenated alkanes) is 3. The van der Waals surface area contributed by atoms with E-state index >= 15 is 8.78 Å². The number of hydrogen-bond acceptors (Lipinski definition) is 1. The first-order chi connectivity index (χ1) is 15.5. The largest absolute Gasteiger partial charge is 0.389 e. The molecule has 7 heteroatoms. The summed E-state index contributed by atoms with van der Waals surface area (Å²) in [7, 11) is 0. The van der Waals surface area contributed by atoms with E-state index in [1.165, 1.54) is 0 Å². The van der Waals surface area contributed by atoms with Gasteiger partial charge in [0.25, 0.3) is 0 Å². The van der Waals surface area contributed by atoms with Crippen molar-refractivity contribution in [1.29, 1.82) is 0 Å². The number of alkyl halides is 6. The molecule has 3 unspecified atom stereocenters. The lowest BCUT2D eigenvalue weighted by atomic mass is 9.91. The number of hydrogen-bond donors (Lipinski definition) is 0. The normalized spacial score (nSPS) is 15.3. The number of benzene rings is 1. The molecule has 0 fully saturated rings. The Morgan fingerprint density at radius 1 is 0.818 bits per heavy atom. The van der Waals surface area contributed by atoms with Gasteiger partial charge in [-0.2, -0.15) is 22.0 Å². The summed E-state index contributed by atoms with van der Waals surface area (Å²) in [6.07, 6.45) is -2.14. The van der Waals surface area contributed by atoms with Crippen LogP contribution in [0.3, 0.4) is 0 Å². The lowest BCUT2D eigenvalue weighted by Gasteiger charge is -2.37. The van der Waals surface area contributed by atoms with E-state index in [2.05, 4.69) is 13.8 Å². The highest BCUT2D eigenvalue weighted by molar-refractivity contribution is 5.47. The van der Waals surface area contributed by atoms with Gasteiger partial charge in [0.2, 0.25) is 0 Å². The second-order valence-corrected chi connectivity index (χ2v) is 9.32. The van der Waals surface area contributed by atoms with Gasteiger partial charge in [-0.3, -0.25) is 0 Å². The molecule has 0 amide bonds. The fourth-order valence-corrected chi connectivity index (χ4v) is 4.24. The Morgan fingerprint density at radius 3 is 2.03 bits per heavy atom. The summed E-state index contributed by atoms with van der Waals surface area (Å²) >= 11 is 0. The van der Waals surface area contributed by atoms with Crippen LogP contribution in [0.4, 0.5) is 32.0 Å². The maximum atomic E-state index is 15.2. The molecule has 0 aromatic heterocycles. The summed E-state index contributed by atoms with van der Waals surface area (Å²) < 4.78 is 81.8. The van der Waals surface area contributed by atoms with Crippen LogP contribution in [0.2, 0.25) is 0 Å². The smallest absolute Gasteiger partial charge is 0.311 e. The fraction of sp³-hybridized carbons (Fsp3) is 0.769. The van der Waals surface area contributed by atoms with Crippen molar-refractivity contribution in [3.05, 3.63) is 30.3 Å². The number of para-hydroxylation sites is 1. The molecule has 3 atom stereocenters. The van der Waals surface area contributed by atoms with Crippen LogP contribution in [-0.2, 0) is 0 Å². The molecule has 0 N–H and O–H groups in total. The highest BCUT2D eigenvalue weighted by Gasteiger charge is 2.46. The molecule has 0 heterocycles. The zero-order chi connectivity index (χ0) is 24.9. The molecule has 33 heavy (non-hydrogen) atoms. The van der Waals surface area contributed by atoms with Gasteiger partial charge in [-0.25, -0.2) is 4.39 Å². The van der Waals surface area contributed by atoms with Gasteiger partial charge >= 0.3 is 12.2 Å². The lowest BCUT2D eigenvalue weighted by Crippen LogP contribution is -2.50. The van der Waals surface area contributed by atoms with Crippen molar-refractivity contribution in [1.82, 2.24) is 0 Å². The standard InChI is InChI=1S/C26H41F6N/c1-4-13-22(5-2)18-17-21(3)20-33(23-14-9-8-10-15-23)26(31,32)24(27)16-11-6-7-12-19-25(28,29)30/h8-10,14-15,21-22,24H,4-7,11-13,16-20H2,1-3H3. The minimum atomic E-state index is -4.21. The van der Waals surface area contributed by atoms with Gasteiger partial charge in [-0.15, -0.1) is 0 Å². The summed E-state index contributed by atoms with van der Waals surface area (Å²) in [5, 5.41) is 0. The summed E-state index contributed by atoms with van der Waals surface area (Å²) in [5.41, 5.74) is 0.280. The molecule has 0 aliphatic heterocycles. The Hall–Kier alpha value is -1.40. The second kappa shape index (κ2) is 14.8. The first-order valence-electron chi connectivity index (χ1n) is 12.4. The Morgan fingerprint density at radius 2 is 1.45 bits per heavy atom. The summed E-state index contributed by atoms with van der Waals surface area (Å²) in [5.74, 6) is 0.547. The van der Waals surface area contributed by atoms with Gasteiger partial charge in [0.1, 0.15) is 0 Å². The van der Waals surface area contributed by atoms with Crippen molar-refractivity contribution >= 4 is 5.69 Å². The molecule has 1 aromatic carbocycles. The molecule has 0 saturated carbocycles. The summed E-state index contributed by atoms with van der Waals surface area (Å²) in [6, 6.07) is 4.49. The first-order valence-corrected chi connectivity index (χ1v) is 12.4. The van der Waals surface area contributed by atoms with Crippen molar-refractivity contribution in [2.45, 2.75) is 110 Å². The van der Waals surface area contributed by atoms with E-state index in [1.807, 2.05) is 6.92 Å². The van der Waals surface area contributed by atoms with Gasteiger partial charge in [-0.05, 0) is 43.2 Å². The summed E-state index contributed by atoms with van der Waals surface area (Å²) in [6.45, 7) is 6.26. The zero-order valence-electron chi connectivity index (χ0n) is 20.3. The molecular formula is C26H41F6N. The molecule has 0 bridgehead atoms. The van der Waals surface area contributed by atoms with Crippen molar-refractivity contribution in [3.63, 3.8) is 0 Å². The van der Waals surface area contributed by atoms with E-state index in [0.717, 1.165) is 37.0 Å². The predicted molar refractivity (Wildman–Crippen MR) is 124 cm³/mol. The SMILES string of the molecule is CCCC(CC)CCC(C)CN(c1ccccc1)C(F)(F)C(F)CCCCCCC(F)(F)F. The molecule has 0 aliphatic carbocycles. The maximum Gasteiger partial charge on any atom is 0.389 e. The van der Waals surface area contributed by atoms with Gasteiger partial charge in [0.05, 0.1) is 0 Å². The van der Waals surface area contributed by atoms with E-state index in [0.29, 0.717) is 12.3 Å². The van der Waals surface area contributed by atoms with Crippen LogP contribution in [0.5, 0.6) is 0 Å². The lowest BCUT2D eigenvalue weighted by molar-refractivity contribution is -0.135.